The molecule has 0 spiro atoms. The molecule has 1 saturated heterocycles. The first-order valence-electron chi connectivity index (χ1n) is 32.8. The highest BCUT2D eigenvalue weighted by molar-refractivity contribution is 5.96. The third-order valence-electron chi connectivity index (χ3n) is 15.9. The summed E-state index contributed by atoms with van der Waals surface area (Å²) >= 11 is 0. The molecule has 1 fully saturated rings. The first-order chi connectivity index (χ1) is 47.4. The van der Waals surface area contributed by atoms with Crippen LogP contribution in [0.4, 0.5) is 4.79 Å². The molecule has 2 rings (SSSR count). The van der Waals surface area contributed by atoms with Gasteiger partial charge in [0.25, 0.3) is 0 Å². The van der Waals surface area contributed by atoms with Crippen molar-refractivity contribution in [1.29, 1.82) is 0 Å². The number of carbonyl (C=O) groups excluding carboxylic acids is 7. The van der Waals surface area contributed by atoms with Crippen molar-refractivity contribution >= 4 is 95.2 Å². The molecule has 0 radical (unpaired) electrons. The summed E-state index contributed by atoms with van der Waals surface area (Å²) in [7, 11) is 0. The van der Waals surface area contributed by atoms with E-state index in [-0.39, 0.29) is 123 Å². The Morgan fingerprint density at radius 2 is 0.770 bits per heavy atom. The highest BCUT2D eigenvalue weighted by atomic mass is 16.4. The Morgan fingerprint density at radius 1 is 0.360 bits per heavy atom. The minimum atomic E-state index is -1.71. The van der Waals surface area contributed by atoms with E-state index in [1.165, 1.54) is 19.6 Å². The Hall–Kier alpha value is -9.66. The van der Waals surface area contributed by atoms with Gasteiger partial charge in [0.15, 0.2) is 0 Å². The molecule has 0 aromatic heterocycles. The number of hydrogen-bond acceptors (Lipinski definition) is 21. The lowest BCUT2D eigenvalue weighted by Crippen LogP contribution is -2.59. The van der Waals surface area contributed by atoms with Crippen molar-refractivity contribution in [3.05, 3.63) is 35.9 Å². The molecular weight excluding hydrogens is 1330 g/mol. The minimum absolute atomic E-state index is 0.0155. The van der Waals surface area contributed by atoms with E-state index in [1.807, 2.05) is 5.32 Å². The molecule has 7 atom stereocenters. The molecule has 38 nitrogen and oxygen atoms in total. The standard InChI is InChI=1S/C62H97N13O25/c63-24-8-6-13-40(66-48(77)20-19-46(61(98)99)75-33-31-73(37-53(86)87)29-27-72(36-52(84)85)28-30-74(32-34-75)38-54(88)89)56(91)69-45(35-39-11-3-1-4-12-39)58(93)68-42(17-22-50(80)81)57(92)67-41(16-21-49(78)79)55(90)65-26-9-2-5-15-47(76)64-25-10-7-14-43(59(94)95)70-62(100)71-44(60(96)97)18-23-51(82)83/h1,3-4,11-12,40-46H,2,5-10,13-38,63H2,(H,64,76)(H,65,90)(H,66,77)(H,67,92)(H,68,93)(H,69,91)(H,78,79)(H,80,81)(H,82,83)(H,84,85)(H,86,87)(H,88,89)(H,94,95)(H,96,97)(H,98,99)(H2,70,71,100)/t40-,41-,42-,43-,44-,45+,46?/m0/s1. The van der Waals surface area contributed by atoms with E-state index in [4.69, 9.17) is 10.8 Å². The molecule has 560 valence electrons. The molecule has 0 saturated carbocycles. The van der Waals surface area contributed by atoms with E-state index < -0.39 is 196 Å². The Morgan fingerprint density at radius 3 is 1.24 bits per heavy atom. The number of unbranched alkanes of at least 4 members (excludes halogenated alkanes) is 4. The average Bonchev–Trinajstić information content (AvgIpc) is 0.862. The van der Waals surface area contributed by atoms with Gasteiger partial charge in [0.05, 0.1) is 19.6 Å². The van der Waals surface area contributed by atoms with E-state index >= 15 is 0 Å². The number of hydrogen-bond donors (Lipinski definition) is 18. The zero-order valence-corrected chi connectivity index (χ0v) is 55.7. The van der Waals surface area contributed by atoms with Gasteiger partial charge < -0.3 is 94.2 Å². The monoisotopic (exact) mass is 1420 g/mol. The number of aliphatic carboxylic acids is 9. The van der Waals surface area contributed by atoms with Gasteiger partial charge in [-0.2, -0.15) is 0 Å². The van der Waals surface area contributed by atoms with Crippen molar-refractivity contribution in [3.8, 4) is 0 Å². The van der Waals surface area contributed by atoms with E-state index in [0.29, 0.717) is 37.7 Å². The predicted octanol–water partition coefficient (Wildman–Crippen LogP) is -3.23. The van der Waals surface area contributed by atoms with E-state index in [2.05, 4.69) is 37.2 Å². The predicted molar refractivity (Wildman–Crippen MR) is 349 cm³/mol. The Labute approximate surface area is 575 Å². The molecule has 0 bridgehead atoms. The third-order valence-corrected chi connectivity index (χ3v) is 15.9. The van der Waals surface area contributed by atoms with E-state index in [9.17, 15) is 118 Å². The number of carboxylic acid groups (broad SMARTS) is 9. The second-order valence-electron chi connectivity index (χ2n) is 23.9. The molecule has 1 aliphatic rings. The zero-order chi connectivity index (χ0) is 74.7. The fourth-order valence-electron chi connectivity index (χ4n) is 10.5. The van der Waals surface area contributed by atoms with E-state index in [0.717, 1.165) is 0 Å². The van der Waals surface area contributed by atoms with Gasteiger partial charge in [-0.05, 0) is 89.2 Å². The summed E-state index contributed by atoms with van der Waals surface area (Å²) in [5.41, 5.74) is 6.25. The number of carbonyl (C=O) groups is 16. The molecule has 19 N–H and O–H groups in total. The third kappa shape index (κ3) is 38.5. The van der Waals surface area contributed by atoms with Crippen LogP contribution in [0.2, 0.25) is 0 Å². The topological polar surface area (TPSA) is 590 Å². The number of rotatable bonds is 49. The molecule has 8 amide bonds. The Kier molecular flexibility index (Phi) is 41.6. The molecule has 1 heterocycles. The van der Waals surface area contributed by atoms with Gasteiger partial charge in [-0.25, -0.2) is 14.4 Å². The molecule has 1 unspecified atom stereocenters. The largest absolute Gasteiger partial charge is 0.481 e. The number of nitrogens with zero attached hydrogens (tertiary/aromatic N) is 4. The second-order valence-corrected chi connectivity index (χ2v) is 23.9. The molecule has 1 aliphatic heterocycles. The summed E-state index contributed by atoms with van der Waals surface area (Å²) in [5, 5.41) is 106. The first kappa shape index (κ1) is 86.4. The van der Waals surface area contributed by atoms with Crippen LogP contribution in [-0.4, -0.2) is 295 Å². The van der Waals surface area contributed by atoms with Gasteiger partial charge in [-0.1, -0.05) is 36.8 Å². The summed E-state index contributed by atoms with van der Waals surface area (Å²) in [6, 6.07) is -3.56. The highest BCUT2D eigenvalue weighted by Crippen LogP contribution is 2.14. The molecule has 38 heteroatoms. The van der Waals surface area contributed by atoms with Crippen molar-refractivity contribution < 1.29 is 123 Å². The SMILES string of the molecule is NCCCC[C@H](NC(=O)CCC(C(=O)O)N1CCN(CC(=O)O)CCN(CC(=O)O)CCN(CC(=O)O)CC1)C(=O)N[C@H](Cc1ccccc1)C(=O)N[C@@H](CCC(=O)O)C(=O)N[C@@H](CCC(=O)O)C(=O)NCCCCCC(=O)NCCCC[C@H](NC(=O)N[C@@H](CCC(=O)O)C(=O)O)C(=O)O. The summed E-state index contributed by atoms with van der Waals surface area (Å²) in [5.74, 6) is -17.0. The van der Waals surface area contributed by atoms with E-state index in [1.54, 1.807) is 30.3 Å². The van der Waals surface area contributed by atoms with Crippen LogP contribution in [0.3, 0.4) is 0 Å². The van der Waals surface area contributed by atoms with Gasteiger partial charge >= 0.3 is 59.8 Å². The van der Waals surface area contributed by atoms with Crippen molar-refractivity contribution in [2.24, 2.45) is 5.73 Å². The number of benzene rings is 1. The normalized spacial score (nSPS) is 15.5. The number of nitrogens with one attached hydrogen (secondary N) is 8. The van der Waals surface area contributed by atoms with Crippen LogP contribution in [0.15, 0.2) is 30.3 Å². The number of nitrogens with two attached hydrogens (primary N) is 1. The summed E-state index contributed by atoms with van der Waals surface area (Å²) < 4.78 is 0. The quantitative estimate of drug-likeness (QED) is 0.0285. The Balaban J connectivity index is 2.21. The fraction of sp³-hybridized carbons (Fsp3) is 0.645. The lowest BCUT2D eigenvalue weighted by molar-refractivity contribution is -0.145. The van der Waals surface area contributed by atoms with Crippen LogP contribution < -0.4 is 48.3 Å². The van der Waals surface area contributed by atoms with Crippen molar-refractivity contribution in [2.75, 3.05) is 91.6 Å². The molecule has 100 heavy (non-hydrogen) atoms. The van der Waals surface area contributed by atoms with Crippen LogP contribution in [0.5, 0.6) is 0 Å². The molecule has 0 aliphatic carbocycles. The van der Waals surface area contributed by atoms with Gasteiger partial charge in [-0.3, -0.25) is 81.9 Å². The van der Waals surface area contributed by atoms with Gasteiger partial charge in [0.2, 0.25) is 35.4 Å². The molecule has 1 aromatic carbocycles. The van der Waals surface area contributed by atoms with Crippen LogP contribution >= 0.6 is 0 Å². The zero-order valence-electron chi connectivity index (χ0n) is 55.7. The Bertz CT molecular complexity index is 2860. The number of urea groups is 1. The lowest BCUT2D eigenvalue weighted by atomic mass is 10.0. The van der Waals surface area contributed by atoms with Gasteiger partial charge in [0.1, 0.15) is 42.3 Å². The number of carboxylic acids is 9. The maximum atomic E-state index is 14.4. The molecular formula is C62H97N13O25. The maximum Gasteiger partial charge on any atom is 0.326 e. The van der Waals surface area contributed by atoms with Crippen molar-refractivity contribution in [3.63, 3.8) is 0 Å². The van der Waals surface area contributed by atoms with Gasteiger partial charge in [-0.15, -0.1) is 0 Å². The average molecular weight is 1420 g/mol. The first-order valence-corrected chi connectivity index (χ1v) is 32.8. The van der Waals surface area contributed by atoms with Crippen molar-refractivity contribution in [2.45, 2.75) is 164 Å². The summed E-state index contributed by atoms with van der Waals surface area (Å²) in [6.45, 7) is -1.00. The number of amides is 8. The summed E-state index contributed by atoms with van der Waals surface area (Å²) in [4.78, 5) is 207. The smallest absolute Gasteiger partial charge is 0.326 e. The van der Waals surface area contributed by atoms with Crippen molar-refractivity contribution in [1.82, 2.24) is 62.1 Å². The van der Waals surface area contributed by atoms with Crippen LogP contribution in [0, 0.1) is 0 Å². The second kappa shape index (κ2) is 48.1. The maximum absolute atomic E-state index is 14.4. The highest BCUT2D eigenvalue weighted by Gasteiger charge is 2.34. The summed E-state index contributed by atoms with van der Waals surface area (Å²) in [6.07, 6.45) is -2.42. The van der Waals surface area contributed by atoms with Crippen LogP contribution in [0.1, 0.15) is 121 Å². The molecule has 1 aromatic rings. The minimum Gasteiger partial charge on any atom is -0.481 e. The van der Waals surface area contributed by atoms with Crippen LogP contribution in [-0.2, 0) is 78.3 Å². The fourth-order valence-corrected chi connectivity index (χ4v) is 10.5. The lowest BCUT2D eigenvalue weighted by Gasteiger charge is -2.35. The van der Waals surface area contributed by atoms with Gasteiger partial charge in [0, 0.05) is 104 Å². The van der Waals surface area contributed by atoms with Crippen LogP contribution in [0.25, 0.3) is 0 Å².